The summed E-state index contributed by atoms with van der Waals surface area (Å²) < 4.78 is 10.2. The Hall–Kier alpha value is -2.53. The highest BCUT2D eigenvalue weighted by molar-refractivity contribution is 5.92. The van der Waals surface area contributed by atoms with Crippen LogP contribution < -0.4 is 14.8 Å². The summed E-state index contributed by atoms with van der Waals surface area (Å²) in [6.45, 7) is 1.16. The molecule has 0 aromatic heterocycles. The molecule has 2 aromatic rings. The number of benzene rings is 2. The second-order valence-corrected chi connectivity index (χ2v) is 5.61. The molecule has 0 saturated carbocycles. The Balaban J connectivity index is 1.75. The molecular weight excluding hydrogens is 304 g/mol. The van der Waals surface area contributed by atoms with E-state index in [0.29, 0.717) is 6.54 Å². The molecule has 1 amide bonds. The van der Waals surface area contributed by atoms with Gasteiger partial charge in [0.1, 0.15) is 11.5 Å². The van der Waals surface area contributed by atoms with Gasteiger partial charge in [0.05, 0.1) is 20.8 Å². The number of hydrogen-bond donors (Lipinski definition) is 1. The van der Waals surface area contributed by atoms with Gasteiger partial charge in [0.25, 0.3) is 0 Å². The first kappa shape index (κ1) is 17.8. The lowest BCUT2D eigenvalue weighted by Crippen LogP contribution is -2.31. The molecule has 0 aliphatic rings. The third-order valence-electron chi connectivity index (χ3n) is 3.73. The van der Waals surface area contributed by atoms with Crippen molar-refractivity contribution in [2.75, 3.05) is 39.7 Å². The molecule has 0 atom stereocenters. The molecule has 2 rings (SSSR count). The number of likely N-dealkylation sites (N-methyl/N-ethyl adjacent to an activating group) is 1. The summed E-state index contributed by atoms with van der Waals surface area (Å²) in [6, 6.07) is 15.3. The minimum Gasteiger partial charge on any atom is -0.497 e. The number of amides is 1. The van der Waals surface area contributed by atoms with Gasteiger partial charge in [0.2, 0.25) is 5.91 Å². The highest BCUT2D eigenvalue weighted by Gasteiger charge is 2.07. The van der Waals surface area contributed by atoms with Gasteiger partial charge in [-0.3, -0.25) is 9.69 Å². The lowest BCUT2D eigenvalue weighted by Gasteiger charge is -2.16. The van der Waals surface area contributed by atoms with E-state index < -0.39 is 0 Å². The average Bonchev–Trinajstić information content (AvgIpc) is 2.61. The van der Waals surface area contributed by atoms with E-state index in [1.165, 1.54) is 5.56 Å². The molecule has 0 fully saturated rings. The zero-order chi connectivity index (χ0) is 17.4. The highest BCUT2D eigenvalue weighted by Crippen LogP contribution is 2.15. The number of nitrogens with one attached hydrogen (secondary N) is 1. The second kappa shape index (κ2) is 8.93. The summed E-state index contributed by atoms with van der Waals surface area (Å²) in [4.78, 5) is 14.1. The maximum atomic E-state index is 12.1. The largest absolute Gasteiger partial charge is 0.497 e. The third-order valence-corrected chi connectivity index (χ3v) is 3.73. The topological polar surface area (TPSA) is 50.8 Å². The van der Waals surface area contributed by atoms with Crippen molar-refractivity contribution >= 4 is 11.6 Å². The molecule has 0 bridgehead atoms. The van der Waals surface area contributed by atoms with Crippen molar-refractivity contribution in [2.45, 2.75) is 6.42 Å². The van der Waals surface area contributed by atoms with Crippen molar-refractivity contribution in [3.8, 4) is 11.5 Å². The SMILES string of the molecule is COc1ccc(CCN(C)CC(=O)Nc2ccc(OC)cc2)cc1. The van der Waals surface area contributed by atoms with Crippen LogP contribution in [0.25, 0.3) is 0 Å². The van der Waals surface area contributed by atoms with Crippen LogP contribution in [0.3, 0.4) is 0 Å². The molecule has 2 aromatic carbocycles. The van der Waals surface area contributed by atoms with E-state index in [-0.39, 0.29) is 5.91 Å². The lowest BCUT2D eigenvalue weighted by atomic mass is 10.1. The molecule has 128 valence electrons. The van der Waals surface area contributed by atoms with Crippen LogP contribution in [0.15, 0.2) is 48.5 Å². The second-order valence-electron chi connectivity index (χ2n) is 5.61. The van der Waals surface area contributed by atoms with Crippen molar-refractivity contribution in [1.82, 2.24) is 4.90 Å². The molecule has 5 heteroatoms. The third kappa shape index (κ3) is 5.59. The van der Waals surface area contributed by atoms with Gasteiger partial charge in [-0.2, -0.15) is 0 Å². The summed E-state index contributed by atoms with van der Waals surface area (Å²) in [7, 11) is 5.21. The van der Waals surface area contributed by atoms with Crippen molar-refractivity contribution < 1.29 is 14.3 Å². The summed E-state index contributed by atoms with van der Waals surface area (Å²) in [5.41, 5.74) is 1.99. The number of rotatable bonds is 8. The molecule has 0 aliphatic heterocycles. The number of hydrogen-bond acceptors (Lipinski definition) is 4. The Morgan fingerprint density at radius 1 is 0.958 bits per heavy atom. The Kier molecular flexibility index (Phi) is 6.63. The van der Waals surface area contributed by atoms with Gasteiger partial charge in [-0.25, -0.2) is 0 Å². The van der Waals surface area contributed by atoms with E-state index >= 15 is 0 Å². The predicted octanol–water partition coefficient (Wildman–Crippen LogP) is 2.82. The Morgan fingerprint density at radius 3 is 2.04 bits per heavy atom. The first-order chi connectivity index (χ1) is 11.6. The fourth-order valence-electron chi connectivity index (χ4n) is 2.31. The van der Waals surface area contributed by atoms with E-state index in [9.17, 15) is 4.79 Å². The monoisotopic (exact) mass is 328 g/mol. The van der Waals surface area contributed by atoms with E-state index in [1.807, 2.05) is 60.5 Å². The molecule has 0 heterocycles. The van der Waals surface area contributed by atoms with E-state index in [0.717, 1.165) is 30.2 Å². The van der Waals surface area contributed by atoms with Crippen LogP contribution in [0, 0.1) is 0 Å². The molecule has 0 radical (unpaired) electrons. The summed E-state index contributed by atoms with van der Waals surface area (Å²) in [5.74, 6) is 1.59. The zero-order valence-corrected chi connectivity index (χ0v) is 14.4. The molecule has 0 unspecified atom stereocenters. The number of carbonyl (C=O) groups excluding carboxylic acids is 1. The number of methoxy groups -OCH3 is 2. The minimum absolute atomic E-state index is 0.0302. The quantitative estimate of drug-likeness (QED) is 0.809. The number of ether oxygens (including phenoxy) is 2. The molecule has 0 saturated heterocycles. The Bertz CT molecular complexity index is 639. The zero-order valence-electron chi connectivity index (χ0n) is 14.4. The molecule has 24 heavy (non-hydrogen) atoms. The van der Waals surface area contributed by atoms with E-state index in [2.05, 4.69) is 5.32 Å². The fourth-order valence-corrected chi connectivity index (χ4v) is 2.31. The summed E-state index contributed by atoms with van der Waals surface area (Å²) >= 11 is 0. The fraction of sp³-hybridized carbons (Fsp3) is 0.316. The number of nitrogens with zero attached hydrogens (tertiary/aromatic N) is 1. The standard InChI is InChI=1S/C19H24N2O3/c1-21(13-12-15-4-8-17(23-2)9-5-15)14-19(22)20-16-6-10-18(24-3)11-7-16/h4-11H,12-14H2,1-3H3,(H,20,22). The van der Waals surface area contributed by atoms with E-state index in [4.69, 9.17) is 9.47 Å². The maximum Gasteiger partial charge on any atom is 0.238 e. The molecular formula is C19H24N2O3. The van der Waals surface area contributed by atoms with Gasteiger partial charge in [0, 0.05) is 12.2 Å². The Morgan fingerprint density at radius 2 is 1.50 bits per heavy atom. The van der Waals surface area contributed by atoms with Crippen molar-refractivity contribution in [3.05, 3.63) is 54.1 Å². The van der Waals surface area contributed by atoms with Crippen LogP contribution in [0.2, 0.25) is 0 Å². The summed E-state index contributed by atoms with van der Waals surface area (Å²) in [6.07, 6.45) is 0.885. The van der Waals surface area contributed by atoms with Gasteiger partial charge in [-0.05, 0) is 55.4 Å². The summed E-state index contributed by atoms with van der Waals surface area (Å²) in [5, 5.41) is 2.88. The molecule has 0 spiro atoms. The maximum absolute atomic E-state index is 12.1. The number of carbonyl (C=O) groups is 1. The van der Waals surface area contributed by atoms with Gasteiger partial charge in [-0.15, -0.1) is 0 Å². The van der Waals surface area contributed by atoms with Gasteiger partial charge >= 0.3 is 0 Å². The smallest absolute Gasteiger partial charge is 0.238 e. The highest BCUT2D eigenvalue weighted by atomic mass is 16.5. The molecule has 1 N–H and O–H groups in total. The van der Waals surface area contributed by atoms with Crippen LogP contribution in [0.4, 0.5) is 5.69 Å². The molecule has 5 nitrogen and oxygen atoms in total. The van der Waals surface area contributed by atoms with Crippen LogP contribution in [0.1, 0.15) is 5.56 Å². The van der Waals surface area contributed by atoms with Crippen molar-refractivity contribution in [3.63, 3.8) is 0 Å². The van der Waals surface area contributed by atoms with Crippen LogP contribution in [0.5, 0.6) is 11.5 Å². The van der Waals surface area contributed by atoms with Gasteiger partial charge in [0.15, 0.2) is 0 Å². The van der Waals surface area contributed by atoms with Gasteiger partial charge in [-0.1, -0.05) is 12.1 Å². The van der Waals surface area contributed by atoms with Gasteiger partial charge < -0.3 is 14.8 Å². The number of anilines is 1. The van der Waals surface area contributed by atoms with Crippen LogP contribution >= 0.6 is 0 Å². The first-order valence-electron chi connectivity index (χ1n) is 7.86. The average molecular weight is 328 g/mol. The van der Waals surface area contributed by atoms with Crippen LogP contribution in [-0.4, -0.2) is 45.2 Å². The van der Waals surface area contributed by atoms with E-state index in [1.54, 1.807) is 14.2 Å². The minimum atomic E-state index is -0.0302. The molecule has 0 aliphatic carbocycles. The van der Waals surface area contributed by atoms with Crippen LogP contribution in [-0.2, 0) is 11.2 Å². The first-order valence-corrected chi connectivity index (χ1v) is 7.86. The Labute approximate surface area is 143 Å². The van der Waals surface area contributed by atoms with Crippen molar-refractivity contribution in [2.24, 2.45) is 0 Å². The lowest BCUT2D eigenvalue weighted by molar-refractivity contribution is -0.117. The van der Waals surface area contributed by atoms with Crippen molar-refractivity contribution in [1.29, 1.82) is 0 Å². The predicted molar refractivity (Wildman–Crippen MR) is 95.8 cm³/mol. The normalized spacial score (nSPS) is 10.5.